The number of terminal acetylenes is 1. The van der Waals surface area contributed by atoms with Gasteiger partial charge in [0.05, 0.1) is 5.84 Å². The van der Waals surface area contributed by atoms with Gasteiger partial charge in [0.2, 0.25) is 0 Å². The SMILES string of the molecule is C#CCOc1ccc2c(c1)C1(CCCC1)c1cc(N)ccc1N2CCC(=N)N.N=N. The number of fused-ring (bicyclic) bond motifs is 4. The summed E-state index contributed by atoms with van der Waals surface area (Å²) < 4.78 is 5.74. The first-order valence-corrected chi connectivity index (χ1v) is 10.0. The fraction of sp³-hybridized carbons (Fsp3) is 0.348. The van der Waals surface area contributed by atoms with Crippen molar-refractivity contribution in [2.45, 2.75) is 37.5 Å². The second kappa shape index (κ2) is 8.87. The third-order valence-corrected chi connectivity index (χ3v) is 5.99. The Morgan fingerprint density at radius 1 is 1.10 bits per heavy atom. The van der Waals surface area contributed by atoms with E-state index in [2.05, 4.69) is 35.1 Å². The highest BCUT2D eigenvalue weighted by Crippen LogP contribution is 2.57. The van der Waals surface area contributed by atoms with Crippen molar-refractivity contribution < 1.29 is 4.74 Å². The Kier molecular flexibility index (Phi) is 6.26. The molecule has 7 N–H and O–H groups in total. The van der Waals surface area contributed by atoms with Crippen LogP contribution in [0.15, 0.2) is 36.4 Å². The number of nitrogens with two attached hydrogens (primary N) is 2. The second-order valence-electron chi connectivity index (χ2n) is 7.66. The summed E-state index contributed by atoms with van der Waals surface area (Å²) >= 11 is 0. The highest BCUT2D eigenvalue weighted by molar-refractivity contribution is 5.83. The molecule has 1 heterocycles. The van der Waals surface area contributed by atoms with Gasteiger partial charge in [0.25, 0.3) is 0 Å². The van der Waals surface area contributed by atoms with E-state index >= 15 is 0 Å². The van der Waals surface area contributed by atoms with E-state index in [0.29, 0.717) is 13.0 Å². The number of rotatable bonds is 5. The highest BCUT2D eigenvalue weighted by Gasteiger charge is 2.45. The lowest BCUT2D eigenvalue weighted by atomic mass is 9.69. The molecule has 1 aliphatic heterocycles. The third kappa shape index (κ3) is 3.69. The summed E-state index contributed by atoms with van der Waals surface area (Å²) in [7, 11) is 0. The summed E-state index contributed by atoms with van der Waals surface area (Å²) in [6.07, 6.45) is 10.4. The first kappa shape index (κ1) is 21.2. The molecule has 1 saturated carbocycles. The number of amidine groups is 1. The smallest absolute Gasteiger partial charge is 0.148 e. The number of ether oxygens (including phenoxy) is 1. The minimum absolute atomic E-state index is 0.0533. The molecule has 0 saturated heterocycles. The molecule has 1 spiro atoms. The molecule has 1 aliphatic carbocycles. The van der Waals surface area contributed by atoms with Crippen molar-refractivity contribution >= 4 is 22.9 Å². The van der Waals surface area contributed by atoms with E-state index in [1.165, 1.54) is 29.7 Å². The van der Waals surface area contributed by atoms with Crippen molar-refractivity contribution in [3.8, 4) is 18.1 Å². The first-order valence-electron chi connectivity index (χ1n) is 10.0. The summed E-state index contributed by atoms with van der Waals surface area (Å²) in [5.41, 5.74) is 27.5. The van der Waals surface area contributed by atoms with Crippen LogP contribution in [0.2, 0.25) is 0 Å². The Morgan fingerprint density at radius 3 is 2.37 bits per heavy atom. The largest absolute Gasteiger partial charge is 0.481 e. The molecule has 0 atom stereocenters. The van der Waals surface area contributed by atoms with Gasteiger partial charge in [0, 0.05) is 35.4 Å². The number of nitrogens with one attached hydrogen (secondary N) is 3. The molecule has 0 aromatic heterocycles. The Balaban J connectivity index is 0.00000124. The molecule has 0 bridgehead atoms. The lowest BCUT2D eigenvalue weighted by Crippen LogP contribution is -2.36. The van der Waals surface area contributed by atoms with Gasteiger partial charge in [-0.3, -0.25) is 5.41 Å². The molecule has 2 aromatic carbocycles. The third-order valence-electron chi connectivity index (χ3n) is 5.99. The van der Waals surface area contributed by atoms with E-state index in [-0.39, 0.29) is 17.9 Å². The highest BCUT2D eigenvalue weighted by atomic mass is 16.5. The molecule has 7 nitrogen and oxygen atoms in total. The van der Waals surface area contributed by atoms with Crippen molar-refractivity contribution in [1.82, 2.24) is 0 Å². The van der Waals surface area contributed by atoms with Crippen LogP contribution in [0, 0.1) is 28.8 Å². The summed E-state index contributed by atoms with van der Waals surface area (Å²) in [6.45, 7) is 0.906. The summed E-state index contributed by atoms with van der Waals surface area (Å²) in [6, 6.07) is 12.4. The van der Waals surface area contributed by atoms with E-state index in [1.54, 1.807) is 0 Å². The zero-order valence-corrected chi connectivity index (χ0v) is 17.0. The maximum Gasteiger partial charge on any atom is 0.148 e. The normalized spacial score (nSPS) is 15.4. The molecule has 0 unspecified atom stereocenters. The van der Waals surface area contributed by atoms with Crippen LogP contribution in [-0.4, -0.2) is 19.0 Å². The lowest BCUT2D eigenvalue weighted by molar-refractivity contribution is 0.368. The summed E-state index contributed by atoms with van der Waals surface area (Å²) in [5, 5.41) is 7.68. The van der Waals surface area contributed by atoms with E-state index < -0.39 is 0 Å². The Bertz CT molecular complexity index is 974. The van der Waals surface area contributed by atoms with Gasteiger partial charge in [0.1, 0.15) is 12.4 Å². The summed E-state index contributed by atoms with van der Waals surface area (Å²) in [5.74, 6) is 3.52. The van der Waals surface area contributed by atoms with Crippen LogP contribution in [0.5, 0.6) is 5.75 Å². The molecule has 7 heteroatoms. The van der Waals surface area contributed by atoms with E-state index in [1.807, 2.05) is 12.1 Å². The quantitative estimate of drug-likeness (QED) is 0.165. The Labute approximate surface area is 177 Å². The maximum absolute atomic E-state index is 7.68. The van der Waals surface area contributed by atoms with E-state index in [0.717, 1.165) is 30.0 Å². The van der Waals surface area contributed by atoms with Crippen LogP contribution < -0.4 is 21.1 Å². The average Bonchev–Trinajstić information content (AvgIpc) is 3.25. The van der Waals surface area contributed by atoms with Crippen molar-refractivity contribution in [1.29, 1.82) is 16.5 Å². The zero-order valence-electron chi connectivity index (χ0n) is 17.0. The molecule has 2 aliphatic rings. The molecule has 1 fully saturated rings. The van der Waals surface area contributed by atoms with Crippen LogP contribution in [0.3, 0.4) is 0 Å². The van der Waals surface area contributed by atoms with Crippen molar-refractivity contribution in [3.63, 3.8) is 0 Å². The molecular weight excluding hydrogens is 376 g/mol. The van der Waals surface area contributed by atoms with Crippen LogP contribution in [0.1, 0.15) is 43.2 Å². The first-order chi connectivity index (χ1) is 14.5. The fourth-order valence-electron chi connectivity index (χ4n) is 4.79. The van der Waals surface area contributed by atoms with Crippen LogP contribution in [0.4, 0.5) is 17.1 Å². The van der Waals surface area contributed by atoms with Gasteiger partial charge in [0.15, 0.2) is 0 Å². The molecule has 0 amide bonds. The summed E-state index contributed by atoms with van der Waals surface area (Å²) in [4.78, 5) is 2.26. The van der Waals surface area contributed by atoms with E-state index in [9.17, 15) is 0 Å². The Hall–Kier alpha value is -3.53. The van der Waals surface area contributed by atoms with Crippen molar-refractivity contribution in [3.05, 3.63) is 47.5 Å². The van der Waals surface area contributed by atoms with Gasteiger partial charge >= 0.3 is 0 Å². The molecule has 0 radical (unpaired) electrons. The van der Waals surface area contributed by atoms with E-state index in [4.69, 9.17) is 39.1 Å². The number of benzene rings is 2. The second-order valence-corrected chi connectivity index (χ2v) is 7.66. The number of hydrogen-bond acceptors (Lipinski definition) is 6. The molecule has 2 aromatic rings. The standard InChI is InChI=1S/C23H26N4O.H2N2/c1-2-13-28-17-6-8-21-19(15-17)23(10-3-4-11-23)18-14-16(24)5-7-20(18)27(21)12-9-22(25)26;1-2/h1,5-8,14-15H,3-4,9-13,24H2,(H3,25,26);1-2H. The van der Waals surface area contributed by atoms with Crippen molar-refractivity contribution in [2.75, 3.05) is 23.8 Å². The minimum atomic E-state index is -0.0533. The van der Waals surface area contributed by atoms with Gasteiger partial charge in [-0.1, -0.05) is 18.8 Å². The topological polar surface area (TPSA) is 136 Å². The minimum Gasteiger partial charge on any atom is -0.481 e. The zero-order chi connectivity index (χ0) is 21.7. The fourth-order valence-corrected chi connectivity index (χ4v) is 4.79. The lowest BCUT2D eigenvalue weighted by Gasteiger charge is -2.44. The predicted octanol–water partition coefficient (Wildman–Crippen LogP) is 4.51. The van der Waals surface area contributed by atoms with Gasteiger partial charge in [-0.15, -0.1) is 6.42 Å². The van der Waals surface area contributed by atoms with Gasteiger partial charge in [-0.2, -0.15) is 0 Å². The van der Waals surface area contributed by atoms with Gasteiger partial charge < -0.3 is 21.1 Å². The van der Waals surface area contributed by atoms with Crippen molar-refractivity contribution in [2.24, 2.45) is 5.73 Å². The molecule has 30 heavy (non-hydrogen) atoms. The monoisotopic (exact) mass is 404 g/mol. The number of nitrogen functional groups attached to an aromatic ring is 1. The number of hydrogen-bond donors (Lipinski definition) is 5. The van der Waals surface area contributed by atoms with Gasteiger partial charge in [-0.05, 0) is 60.4 Å². The Morgan fingerprint density at radius 2 is 1.73 bits per heavy atom. The molecular formula is C23H28N6O. The number of nitrogens with zero attached hydrogens (tertiary/aromatic N) is 1. The van der Waals surface area contributed by atoms with Crippen LogP contribution in [-0.2, 0) is 5.41 Å². The van der Waals surface area contributed by atoms with Crippen LogP contribution in [0.25, 0.3) is 0 Å². The van der Waals surface area contributed by atoms with Crippen LogP contribution >= 0.6 is 0 Å². The molecule has 4 rings (SSSR count). The molecule has 156 valence electrons. The maximum atomic E-state index is 7.68. The predicted molar refractivity (Wildman–Crippen MR) is 120 cm³/mol. The van der Waals surface area contributed by atoms with Gasteiger partial charge in [-0.25, -0.2) is 11.1 Å². The number of anilines is 3. The average molecular weight is 405 g/mol.